The summed E-state index contributed by atoms with van der Waals surface area (Å²) in [4.78, 5) is 34.4. The Labute approximate surface area is 200 Å². The number of hydrogen-bond donors (Lipinski definition) is 1. The topological polar surface area (TPSA) is 74.8 Å². The number of fused-ring (bicyclic) bond motifs is 1. The van der Waals surface area contributed by atoms with E-state index in [1.54, 1.807) is 17.3 Å². The van der Waals surface area contributed by atoms with Gasteiger partial charge in [0.1, 0.15) is 11.6 Å². The maximum absolute atomic E-state index is 13.1. The number of aromatic nitrogens is 1. The van der Waals surface area contributed by atoms with Crippen LogP contribution in [0.1, 0.15) is 37.7 Å². The number of amides is 2. The van der Waals surface area contributed by atoms with E-state index in [-0.39, 0.29) is 36.2 Å². The number of rotatable bonds is 5. The molecule has 2 aliphatic heterocycles. The molecule has 2 aliphatic rings. The minimum atomic E-state index is -0.347. The van der Waals surface area contributed by atoms with Gasteiger partial charge in [-0.2, -0.15) is 0 Å². The number of nitrogens with zero attached hydrogens (tertiary/aromatic N) is 3. The molecule has 7 nitrogen and oxygen atoms in total. The van der Waals surface area contributed by atoms with Crippen LogP contribution in [0.5, 0.6) is 5.75 Å². The standard InChI is InChI=1S/C26H33FN4O3/c27-21-5-7-22(8-6-21)34-19-25(32)31-16-11-23-24(18-31)30(17-20-9-13-28-14-10-20)15-4-2-1-3-12-29-26(23)33/h5-10,13-14,23-24H,1-4,11-12,15-19H2,(H,29,33). The molecular formula is C26H33FN4O3. The second-order valence-electron chi connectivity index (χ2n) is 9.08. The molecule has 0 radical (unpaired) electrons. The van der Waals surface area contributed by atoms with Crippen LogP contribution in [0.4, 0.5) is 4.39 Å². The Bertz CT molecular complexity index is 941. The van der Waals surface area contributed by atoms with Crippen molar-refractivity contribution in [3.8, 4) is 5.75 Å². The fraction of sp³-hybridized carbons (Fsp3) is 0.500. The van der Waals surface area contributed by atoms with E-state index < -0.39 is 0 Å². The van der Waals surface area contributed by atoms with Crippen LogP contribution >= 0.6 is 0 Å². The summed E-state index contributed by atoms with van der Waals surface area (Å²) in [6, 6.07) is 9.58. The van der Waals surface area contributed by atoms with Crippen LogP contribution < -0.4 is 10.1 Å². The number of carbonyl (C=O) groups is 2. The van der Waals surface area contributed by atoms with E-state index in [9.17, 15) is 14.0 Å². The van der Waals surface area contributed by atoms with Gasteiger partial charge in [-0.15, -0.1) is 0 Å². The van der Waals surface area contributed by atoms with Crippen LogP contribution in [-0.4, -0.2) is 65.4 Å². The molecule has 182 valence electrons. The highest BCUT2D eigenvalue weighted by Gasteiger charge is 2.39. The van der Waals surface area contributed by atoms with Crippen LogP contribution in [0.15, 0.2) is 48.8 Å². The molecule has 0 aliphatic carbocycles. The van der Waals surface area contributed by atoms with Gasteiger partial charge in [-0.05, 0) is 67.8 Å². The van der Waals surface area contributed by atoms with Gasteiger partial charge in [-0.3, -0.25) is 19.5 Å². The highest BCUT2D eigenvalue weighted by Crippen LogP contribution is 2.26. The number of benzene rings is 1. The number of carbonyl (C=O) groups excluding carboxylic acids is 2. The molecule has 2 saturated heterocycles. The Morgan fingerprint density at radius 2 is 1.82 bits per heavy atom. The Kier molecular flexibility index (Phi) is 8.46. The van der Waals surface area contributed by atoms with Crippen molar-refractivity contribution in [3.05, 3.63) is 60.2 Å². The lowest BCUT2D eigenvalue weighted by atomic mass is 9.88. The van der Waals surface area contributed by atoms with Crippen molar-refractivity contribution >= 4 is 11.8 Å². The van der Waals surface area contributed by atoms with E-state index in [4.69, 9.17) is 4.74 Å². The molecule has 0 saturated carbocycles. The Morgan fingerprint density at radius 1 is 1.06 bits per heavy atom. The molecule has 2 aromatic rings. The summed E-state index contributed by atoms with van der Waals surface area (Å²) < 4.78 is 18.7. The molecule has 1 aromatic heterocycles. The fourth-order valence-corrected chi connectivity index (χ4v) is 4.82. The van der Waals surface area contributed by atoms with E-state index in [0.717, 1.165) is 37.8 Å². The molecule has 0 bridgehead atoms. The minimum Gasteiger partial charge on any atom is -0.484 e. The summed E-state index contributed by atoms with van der Waals surface area (Å²) in [5.74, 6) is -0.0944. The normalized spacial score (nSPS) is 22.3. The number of piperidine rings is 1. The first-order valence-electron chi connectivity index (χ1n) is 12.2. The van der Waals surface area contributed by atoms with Crippen LogP contribution in [0, 0.1) is 11.7 Å². The first-order valence-corrected chi connectivity index (χ1v) is 12.2. The van der Waals surface area contributed by atoms with Crippen molar-refractivity contribution in [3.63, 3.8) is 0 Å². The molecule has 3 heterocycles. The van der Waals surface area contributed by atoms with Crippen molar-refractivity contribution in [2.75, 3.05) is 32.8 Å². The molecule has 1 aromatic carbocycles. The average Bonchev–Trinajstić information content (AvgIpc) is 2.89. The van der Waals surface area contributed by atoms with Gasteiger partial charge in [0.15, 0.2) is 6.61 Å². The number of nitrogens with one attached hydrogen (secondary N) is 1. The summed E-state index contributed by atoms with van der Waals surface area (Å²) in [5, 5.41) is 3.12. The lowest BCUT2D eigenvalue weighted by Gasteiger charge is -2.43. The third kappa shape index (κ3) is 6.53. The summed E-state index contributed by atoms with van der Waals surface area (Å²) in [7, 11) is 0. The molecule has 8 heteroatoms. The number of likely N-dealkylation sites (tertiary alicyclic amines) is 1. The highest BCUT2D eigenvalue weighted by atomic mass is 19.1. The zero-order chi connectivity index (χ0) is 23.8. The SMILES string of the molecule is O=C1NCCCCCCN(Cc2ccncc2)C2CN(C(=O)COc3ccc(F)cc3)CCC12. The predicted octanol–water partition coefficient (Wildman–Crippen LogP) is 3.01. The lowest BCUT2D eigenvalue weighted by molar-refractivity contribution is -0.140. The maximum Gasteiger partial charge on any atom is 0.260 e. The number of hydrogen-bond acceptors (Lipinski definition) is 5. The first kappa shape index (κ1) is 24.1. The van der Waals surface area contributed by atoms with Gasteiger partial charge in [0.05, 0.1) is 5.92 Å². The average molecular weight is 469 g/mol. The first-order chi connectivity index (χ1) is 16.6. The van der Waals surface area contributed by atoms with E-state index in [1.807, 2.05) is 12.1 Å². The molecular weight excluding hydrogens is 435 g/mol. The van der Waals surface area contributed by atoms with E-state index in [2.05, 4.69) is 15.2 Å². The predicted molar refractivity (Wildman–Crippen MR) is 126 cm³/mol. The number of ether oxygens (including phenoxy) is 1. The van der Waals surface area contributed by atoms with Crippen molar-refractivity contribution in [1.29, 1.82) is 0 Å². The molecule has 4 rings (SSSR count). The second-order valence-corrected chi connectivity index (χ2v) is 9.08. The zero-order valence-corrected chi connectivity index (χ0v) is 19.5. The van der Waals surface area contributed by atoms with Crippen LogP contribution in [0.25, 0.3) is 0 Å². The van der Waals surface area contributed by atoms with Crippen molar-refractivity contribution in [2.45, 2.75) is 44.7 Å². The molecule has 1 N–H and O–H groups in total. The summed E-state index contributed by atoms with van der Waals surface area (Å²) in [6.45, 7) is 3.19. The molecule has 2 amide bonds. The van der Waals surface area contributed by atoms with Gasteiger partial charge in [0.25, 0.3) is 5.91 Å². The van der Waals surface area contributed by atoms with Gasteiger partial charge in [-0.1, -0.05) is 12.8 Å². The van der Waals surface area contributed by atoms with Gasteiger partial charge < -0.3 is 15.0 Å². The quantitative estimate of drug-likeness (QED) is 0.730. The van der Waals surface area contributed by atoms with Gasteiger partial charge in [0, 0.05) is 44.6 Å². The van der Waals surface area contributed by atoms with Gasteiger partial charge in [0.2, 0.25) is 5.91 Å². The largest absolute Gasteiger partial charge is 0.484 e. The minimum absolute atomic E-state index is 0.0743. The third-order valence-corrected chi connectivity index (χ3v) is 6.72. The number of pyridine rings is 1. The number of halogens is 1. The summed E-state index contributed by atoms with van der Waals surface area (Å²) >= 11 is 0. The van der Waals surface area contributed by atoms with Crippen molar-refractivity contribution < 1.29 is 18.7 Å². The Hall–Kier alpha value is -3.00. The second kappa shape index (κ2) is 11.9. The van der Waals surface area contributed by atoms with Crippen LogP contribution in [0.3, 0.4) is 0 Å². The molecule has 0 spiro atoms. The smallest absolute Gasteiger partial charge is 0.260 e. The Morgan fingerprint density at radius 3 is 2.62 bits per heavy atom. The zero-order valence-electron chi connectivity index (χ0n) is 19.5. The van der Waals surface area contributed by atoms with E-state index in [0.29, 0.717) is 38.3 Å². The fourth-order valence-electron chi connectivity index (χ4n) is 4.82. The van der Waals surface area contributed by atoms with Gasteiger partial charge in [-0.25, -0.2) is 4.39 Å². The molecule has 2 unspecified atom stereocenters. The van der Waals surface area contributed by atoms with Gasteiger partial charge >= 0.3 is 0 Å². The monoisotopic (exact) mass is 468 g/mol. The maximum atomic E-state index is 13.1. The van der Waals surface area contributed by atoms with E-state index >= 15 is 0 Å². The highest BCUT2D eigenvalue weighted by molar-refractivity contribution is 5.81. The summed E-state index contributed by atoms with van der Waals surface area (Å²) in [6.07, 6.45) is 8.47. The molecule has 34 heavy (non-hydrogen) atoms. The van der Waals surface area contributed by atoms with Crippen LogP contribution in [0.2, 0.25) is 0 Å². The van der Waals surface area contributed by atoms with Crippen LogP contribution in [-0.2, 0) is 16.1 Å². The van der Waals surface area contributed by atoms with E-state index in [1.165, 1.54) is 24.3 Å². The van der Waals surface area contributed by atoms with Crippen molar-refractivity contribution in [1.82, 2.24) is 20.1 Å². The Balaban J connectivity index is 1.48. The molecule has 2 fully saturated rings. The molecule has 2 atom stereocenters. The van der Waals surface area contributed by atoms with Crippen molar-refractivity contribution in [2.24, 2.45) is 5.92 Å². The summed E-state index contributed by atoms with van der Waals surface area (Å²) in [5.41, 5.74) is 1.15. The lowest BCUT2D eigenvalue weighted by Crippen LogP contribution is -2.58. The third-order valence-electron chi connectivity index (χ3n) is 6.72.